The molecule has 1 amide bonds. The van der Waals surface area contributed by atoms with Crippen LogP contribution in [0.4, 0.5) is 10.2 Å². The highest BCUT2D eigenvalue weighted by Crippen LogP contribution is 2.32. The summed E-state index contributed by atoms with van der Waals surface area (Å²) in [5, 5.41) is 22.3. The minimum absolute atomic E-state index is 0.0409. The van der Waals surface area contributed by atoms with Crippen LogP contribution in [0.25, 0.3) is 11.2 Å². The van der Waals surface area contributed by atoms with Gasteiger partial charge in [-0.3, -0.25) is 9.36 Å². The number of amides is 1. The number of ether oxygens (including phenoxy) is 1. The Hall–Kier alpha value is -2.37. The lowest BCUT2D eigenvalue weighted by Crippen LogP contribution is -2.47. The van der Waals surface area contributed by atoms with E-state index in [1.54, 1.807) is 0 Å². The highest BCUT2D eigenvalue weighted by molar-refractivity contribution is 5.81. The fourth-order valence-corrected chi connectivity index (χ4v) is 2.64. The molecule has 0 spiro atoms. The van der Waals surface area contributed by atoms with E-state index in [2.05, 4.69) is 20.3 Å². The minimum Gasteiger partial charge on any atom is -0.394 e. The Bertz CT molecular complexity index is 752. The Labute approximate surface area is 129 Å². The zero-order valence-electron chi connectivity index (χ0n) is 12.0. The summed E-state index contributed by atoms with van der Waals surface area (Å²) in [6.07, 6.45) is -2.83. The molecule has 11 heteroatoms. The highest BCUT2D eigenvalue weighted by atomic mass is 19.1. The first kappa shape index (κ1) is 15.5. The second-order valence-corrected chi connectivity index (χ2v) is 5.17. The molecule has 0 aliphatic carbocycles. The third-order valence-corrected chi connectivity index (χ3v) is 3.62. The van der Waals surface area contributed by atoms with E-state index < -0.39 is 37.2 Å². The number of nitrogens with one attached hydrogen (secondary N) is 1. The van der Waals surface area contributed by atoms with E-state index in [4.69, 9.17) is 10.5 Å². The number of halogens is 1. The van der Waals surface area contributed by atoms with Crippen LogP contribution in [0.2, 0.25) is 0 Å². The molecule has 1 fully saturated rings. The Balaban J connectivity index is 2.00. The maximum atomic E-state index is 13.4. The number of hydrogen-bond acceptors (Lipinski definition) is 8. The maximum absolute atomic E-state index is 13.4. The summed E-state index contributed by atoms with van der Waals surface area (Å²) in [7, 11) is 0. The Morgan fingerprint density at radius 1 is 1.57 bits per heavy atom. The topological polar surface area (TPSA) is 148 Å². The second-order valence-electron chi connectivity index (χ2n) is 5.17. The summed E-state index contributed by atoms with van der Waals surface area (Å²) < 4.78 is 20.2. The van der Waals surface area contributed by atoms with E-state index in [1.807, 2.05) is 0 Å². The molecular weight excluding hydrogens is 311 g/mol. The molecule has 0 bridgehead atoms. The number of carbonyl (C=O) groups excluding carboxylic acids is 1. The number of fused-ring (bicyclic) bond motifs is 1. The fraction of sp³-hybridized carbons (Fsp3) is 0.500. The molecule has 1 aliphatic rings. The Kier molecular flexibility index (Phi) is 3.83. The van der Waals surface area contributed by atoms with Gasteiger partial charge in [-0.05, 0) is 0 Å². The number of carbonyl (C=O) groups is 1. The van der Waals surface area contributed by atoms with Crippen molar-refractivity contribution in [2.45, 2.75) is 31.4 Å². The molecule has 3 rings (SSSR count). The van der Waals surface area contributed by atoms with Crippen LogP contribution in [0.5, 0.6) is 0 Å². The van der Waals surface area contributed by atoms with Crippen molar-refractivity contribution >= 4 is 22.9 Å². The molecular formula is C12H15FN6O4. The van der Waals surface area contributed by atoms with Gasteiger partial charge in [0.2, 0.25) is 5.91 Å². The summed E-state index contributed by atoms with van der Waals surface area (Å²) in [5.41, 5.74) is 5.78. The van der Waals surface area contributed by atoms with E-state index in [-0.39, 0.29) is 22.9 Å². The Morgan fingerprint density at radius 2 is 2.30 bits per heavy atom. The van der Waals surface area contributed by atoms with Crippen molar-refractivity contribution in [2.75, 3.05) is 12.3 Å². The number of aliphatic hydroxyl groups is 2. The standard InChI is InChI=1S/C12H15FN6O4/c1-4(21)16-6-5(2-20)23-11(8(6)22)19-3-15-7-9(14)17-12(13)18-10(7)19/h3,5-6,8,11,20,22H,2H2,1H3,(H,16,21)(H2,14,17,18)/t5-,6-,8-,11-/m1/s1. The van der Waals surface area contributed by atoms with Crippen LogP contribution in [-0.2, 0) is 9.53 Å². The molecule has 0 radical (unpaired) electrons. The average molecular weight is 326 g/mol. The molecule has 0 unspecified atom stereocenters. The molecule has 1 aliphatic heterocycles. The first-order valence-corrected chi connectivity index (χ1v) is 6.79. The van der Waals surface area contributed by atoms with Crippen LogP contribution in [0.3, 0.4) is 0 Å². The van der Waals surface area contributed by atoms with Crippen LogP contribution in [0.1, 0.15) is 13.2 Å². The molecule has 3 heterocycles. The van der Waals surface area contributed by atoms with Gasteiger partial charge in [-0.25, -0.2) is 4.98 Å². The number of nitrogen functional groups attached to an aromatic ring is 1. The summed E-state index contributed by atoms with van der Waals surface area (Å²) in [4.78, 5) is 22.2. The molecule has 5 N–H and O–H groups in total. The summed E-state index contributed by atoms with van der Waals surface area (Å²) in [6.45, 7) is 0.862. The molecule has 2 aromatic rings. The van der Waals surface area contributed by atoms with Crippen LogP contribution < -0.4 is 11.1 Å². The zero-order chi connectivity index (χ0) is 16.7. The molecule has 0 saturated carbocycles. The number of aliphatic hydroxyl groups excluding tert-OH is 2. The number of imidazole rings is 1. The lowest BCUT2D eigenvalue weighted by atomic mass is 10.1. The number of rotatable bonds is 3. The highest BCUT2D eigenvalue weighted by Gasteiger charge is 2.45. The molecule has 2 aromatic heterocycles. The van der Waals surface area contributed by atoms with Gasteiger partial charge in [0.25, 0.3) is 0 Å². The zero-order valence-corrected chi connectivity index (χ0v) is 12.0. The van der Waals surface area contributed by atoms with Crippen LogP contribution >= 0.6 is 0 Å². The predicted molar refractivity (Wildman–Crippen MR) is 74.3 cm³/mol. The summed E-state index contributed by atoms with van der Waals surface area (Å²) in [6, 6.07) is -0.830. The molecule has 124 valence electrons. The van der Waals surface area contributed by atoms with Gasteiger partial charge in [0.05, 0.1) is 19.0 Å². The van der Waals surface area contributed by atoms with Crippen molar-refractivity contribution < 1.29 is 24.1 Å². The second kappa shape index (κ2) is 5.68. The smallest absolute Gasteiger partial charge is 0.312 e. The molecule has 10 nitrogen and oxygen atoms in total. The fourth-order valence-electron chi connectivity index (χ4n) is 2.64. The molecule has 23 heavy (non-hydrogen) atoms. The van der Waals surface area contributed by atoms with Crippen LogP contribution in [0, 0.1) is 6.08 Å². The van der Waals surface area contributed by atoms with Gasteiger partial charge in [-0.2, -0.15) is 14.4 Å². The number of anilines is 1. The molecule has 1 saturated heterocycles. The van der Waals surface area contributed by atoms with E-state index in [1.165, 1.54) is 17.8 Å². The van der Waals surface area contributed by atoms with Gasteiger partial charge in [-0.15, -0.1) is 0 Å². The number of aromatic nitrogens is 4. The van der Waals surface area contributed by atoms with Gasteiger partial charge in [0.15, 0.2) is 23.2 Å². The van der Waals surface area contributed by atoms with E-state index in [9.17, 15) is 19.4 Å². The van der Waals surface area contributed by atoms with Gasteiger partial charge < -0.3 is 26.0 Å². The van der Waals surface area contributed by atoms with Crippen LogP contribution in [-0.4, -0.2) is 60.5 Å². The van der Waals surface area contributed by atoms with Crippen molar-refractivity contribution in [2.24, 2.45) is 0 Å². The van der Waals surface area contributed by atoms with E-state index >= 15 is 0 Å². The van der Waals surface area contributed by atoms with Gasteiger partial charge >= 0.3 is 6.08 Å². The van der Waals surface area contributed by atoms with Crippen molar-refractivity contribution in [1.29, 1.82) is 0 Å². The van der Waals surface area contributed by atoms with Gasteiger partial charge in [0, 0.05) is 6.92 Å². The monoisotopic (exact) mass is 326 g/mol. The van der Waals surface area contributed by atoms with Gasteiger partial charge in [0.1, 0.15) is 12.2 Å². The van der Waals surface area contributed by atoms with E-state index in [0.29, 0.717) is 0 Å². The normalized spacial score (nSPS) is 27.5. The summed E-state index contributed by atoms with van der Waals surface area (Å²) >= 11 is 0. The van der Waals surface area contributed by atoms with Gasteiger partial charge in [-0.1, -0.05) is 0 Å². The predicted octanol–water partition coefficient (Wildman–Crippen LogP) is -1.70. The summed E-state index contributed by atoms with van der Waals surface area (Å²) in [5.74, 6) is -0.527. The van der Waals surface area contributed by atoms with Crippen molar-refractivity contribution in [1.82, 2.24) is 24.8 Å². The minimum atomic E-state index is -1.20. The Morgan fingerprint density at radius 3 is 2.96 bits per heavy atom. The first-order valence-electron chi connectivity index (χ1n) is 6.79. The number of hydrogen-bond donors (Lipinski definition) is 4. The maximum Gasteiger partial charge on any atom is 0.312 e. The molecule has 4 atom stereocenters. The van der Waals surface area contributed by atoms with Crippen molar-refractivity contribution in [3.05, 3.63) is 12.4 Å². The third kappa shape index (κ3) is 2.58. The SMILES string of the molecule is CC(=O)N[C@H]1[C@@H](O)[C@H](n2cnc3c(N)nc(F)nc32)O[C@@H]1CO. The lowest BCUT2D eigenvalue weighted by Gasteiger charge is -2.19. The van der Waals surface area contributed by atoms with Crippen molar-refractivity contribution in [3.63, 3.8) is 0 Å². The number of nitrogens with two attached hydrogens (primary N) is 1. The number of nitrogens with zero attached hydrogens (tertiary/aromatic N) is 4. The molecule has 0 aromatic carbocycles. The first-order chi connectivity index (χ1) is 10.9. The van der Waals surface area contributed by atoms with Crippen molar-refractivity contribution in [3.8, 4) is 0 Å². The average Bonchev–Trinajstić information content (AvgIpc) is 3.01. The van der Waals surface area contributed by atoms with Crippen LogP contribution in [0.15, 0.2) is 6.33 Å². The quantitative estimate of drug-likeness (QED) is 0.488. The van der Waals surface area contributed by atoms with E-state index in [0.717, 1.165) is 0 Å². The largest absolute Gasteiger partial charge is 0.394 e. The lowest BCUT2D eigenvalue weighted by molar-refractivity contribution is -0.120. The third-order valence-electron chi connectivity index (χ3n) is 3.62.